The molecule has 2 N–H and O–H groups in total. The van der Waals surface area contributed by atoms with Gasteiger partial charge in [0.25, 0.3) is 0 Å². The summed E-state index contributed by atoms with van der Waals surface area (Å²) in [5.41, 5.74) is 2.82. The number of hydrogen-bond donors (Lipinski definition) is 2. The number of hydrogen-bond acceptors (Lipinski definition) is 4. The third-order valence-corrected chi connectivity index (χ3v) is 3.67. The van der Waals surface area contributed by atoms with Gasteiger partial charge in [-0.05, 0) is 38.7 Å². The number of rotatable bonds is 5. The van der Waals surface area contributed by atoms with Crippen molar-refractivity contribution in [3.05, 3.63) is 29.3 Å². The topological polar surface area (TPSA) is 79.5 Å². The van der Waals surface area contributed by atoms with Gasteiger partial charge in [-0.15, -0.1) is 0 Å². The molecule has 1 aliphatic carbocycles. The maximum absolute atomic E-state index is 11.2. The molecule has 3 rings (SSSR count). The number of fused-ring (bicyclic) bond motifs is 1. The second kappa shape index (κ2) is 4.86. The van der Waals surface area contributed by atoms with Crippen molar-refractivity contribution in [2.45, 2.75) is 39.3 Å². The summed E-state index contributed by atoms with van der Waals surface area (Å²) in [5, 5.41) is 12.3. The molecule has 6 heteroatoms. The number of imidazole rings is 1. The number of aryl methyl sites for hydroxylation is 2. The number of carboxylic acid groups (broad SMARTS) is 1. The van der Waals surface area contributed by atoms with Gasteiger partial charge in [0.05, 0.1) is 5.69 Å². The van der Waals surface area contributed by atoms with E-state index in [2.05, 4.69) is 15.3 Å². The van der Waals surface area contributed by atoms with Gasteiger partial charge in [0, 0.05) is 24.1 Å². The Balaban J connectivity index is 1.77. The zero-order valence-electron chi connectivity index (χ0n) is 11.6. The molecule has 2 aromatic heterocycles. The molecule has 6 nitrogen and oxygen atoms in total. The van der Waals surface area contributed by atoms with Crippen LogP contribution < -0.4 is 5.32 Å². The van der Waals surface area contributed by atoms with Crippen LogP contribution in [0.2, 0.25) is 0 Å². The number of nitrogens with zero attached hydrogens (tertiary/aromatic N) is 3. The van der Waals surface area contributed by atoms with E-state index in [1.807, 2.05) is 30.5 Å². The standard InChI is InChI=1S/C14H18N4O2/c1-8-5-9(2)18-7-11(17-14(18)16-8)6-15-12(13(19)20)10-3-4-10/h5,7,10,12,15H,3-4,6H2,1-2H3,(H,19,20). The molecule has 0 amide bonds. The predicted molar refractivity (Wildman–Crippen MR) is 73.4 cm³/mol. The van der Waals surface area contributed by atoms with Gasteiger partial charge in [-0.2, -0.15) is 0 Å². The monoisotopic (exact) mass is 274 g/mol. The molecule has 2 aromatic rings. The molecular weight excluding hydrogens is 256 g/mol. The van der Waals surface area contributed by atoms with Gasteiger partial charge in [0.1, 0.15) is 6.04 Å². The summed E-state index contributed by atoms with van der Waals surface area (Å²) in [5.74, 6) is 0.158. The first-order chi connectivity index (χ1) is 9.54. The van der Waals surface area contributed by atoms with Crippen LogP contribution in [0.4, 0.5) is 0 Å². The number of aromatic nitrogens is 3. The van der Waals surface area contributed by atoms with Gasteiger partial charge in [-0.25, -0.2) is 9.97 Å². The minimum Gasteiger partial charge on any atom is -0.480 e. The first kappa shape index (κ1) is 13.1. The van der Waals surface area contributed by atoms with Gasteiger partial charge in [-0.1, -0.05) is 0 Å². The second-order valence-electron chi connectivity index (χ2n) is 5.48. The predicted octanol–water partition coefficient (Wildman–Crippen LogP) is 1.30. The largest absolute Gasteiger partial charge is 0.480 e. The first-order valence-corrected chi connectivity index (χ1v) is 6.83. The summed E-state index contributed by atoms with van der Waals surface area (Å²) >= 11 is 0. The summed E-state index contributed by atoms with van der Waals surface area (Å²) < 4.78 is 1.93. The molecule has 106 valence electrons. The molecule has 1 aliphatic rings. The molecule has 0 aliphatic heterocycles. The molecule has 1 saturated carbocycles. The van der Waals surface area contributed by atoms with Gasteiger partial charge < -0.3 is 5.11 Å². The Morgan fingerprint density at radius 1 is 1.50 bits per heavy atom. The number of nitrogens with one attached hydrogen (secondary N) is 1. The lowest BCUT2D eigenvalue weighted by atomic mass is 10.2. The van der Waals surface area contributed by atoms with Gasteiger partial charge in [-0.3, -0.25) is 14.5 Å². The van der Waals surface area contributed by atoms with Gasteiger partial charge >= 0.3 is 5.97 Å². The van der Waals surface area contributed by atoms with E-state index in [0.717, 1.165) is 29.9 Å². The van der Waals surface area contributed by atoms with Gasteiger partial charge in [0.15, 0.2) is 0 Å². The average Bonchev–Trinajstić information content (AvgIpc) is 3.09. The minimum absolute atomic E-state index is 0.270. The average molecular weight is 274 g/mol. The van der Waals surface area contributed by atoms with Crippen LogP contribution >= 0.6 is 0 Å². The SMILES string of the molecule is Cc1cc(C)n2cc(CNC(C(=O)O)C3CC3)nc2n1. The fourth-order valence-electron chi connectivity index (χ4n) is 2.50. The molecule has 2 heterocycles. The lowest BCUT2D eigenvalue weighted by Gasteiger charge is -2.11. The van der Waals surface area contributed by atoms with Crippen molar-refractivity contribution in [1.29, 1.82) is 0 Å². The summed E-state index contributed by atoms with van der Waals surface area (Å²) in [6.07, 6.45) is 3.90. The van der Waals surface area contributed by atoms with Crippen LogP contribution in [-0.2, 0) is 11.3 Å². The second-order valence-corrected chi connectivity index (χ2v) is 5.48. The Labute approximate surface area is 116 Å². The zero-order valence-corrected chi connectivity index (χ0v) is 11.6. The quantitative estimate of drug-likeness (QED) is 0.859. The summed E-state index contributed by atoms with van der Waals surface area (Å²) in [4.78, 5) is 20.0. The number of carboxylic acids is 1. The van der Waals surface area contributed by atoms with E-state index in [1.54, 1.807) is 0 Å². The van der Waals surface area contributed by atoms with Crippen molar-refractivity contribution in [2.75, 3.05) is 0 Å². The number of carbonyl (C=O) groups is 1. The molecular formula is C14H18N4O2. The highest BCUT2D eigenvalue weighted by Crippen LogP contribution is 2.32. The Bertz CT molecular complexity index is 660. The highest BCUT2D eigenvalue weighted by molar-refractivity contribution is 5.74. The Morgan fingerprint density at radius 2 is 2.25 bits per heavy atom. The summed E-state index contributed by atoms with van der Waals surface area (Å²) in [6, 6.07) is 1.53. The van der Waals surface area contributed by atoms with E-state index in [0.29, 0.717) is 12.3 Å². The highest BCUT2D eigenvalue weighted by Gasteiger charge is 2.35. The van der Waals surface area contributed by atoms with Crippen molar-refractivity contribution in [3.63, 3.8) is 0 Å². The highest BCUT2D eigenvalue weighted by atomic mass is 16.4. The van der Waals surface area contributed by atoms with Crippen molar-refractivity contribution >= 4 is 11.7 Å². The van der Waals surface area contributed by atoms with Crippen molar-refractivity contribution in [1.82, 2.24) is 19.7 Å². The Morgan fingerprint density at radius 3 is 2.90 bits per heavy atom. The van der Waals surface area contributed by atoms with Crippen LogP contribution in [0.1, 0.15) is 29.9 Å². The molecule has 0 spiro atoms. The molecule has 0 saturated heterocycles. The third kappa shape index (κ3) is 2.51. The van der Waals surface area contributed by atoms with Crippen LogP contribution in [0.5, 0.6) is 0 Å². The Kier molecular flexibility index (Phi) is 3.17. The van der Waals surface area contributed by atoms with Crippen LogP contribution in [0.15, 0.2) is 12.3 Å². The zero-order chi connectivity index (χ0) is 14.3. The fraction of sp³-hybridized carbons (Fsp3) is 0.500. The van der Waals surface area contributed by atoms with E-state index in [1.165, 1.54) is 0 Å². The summed E-state index contributed by atoms with van der Waals surface area (Å²) in [6.45, 7) is 4.40. The molecule has 1 fully saturated rings. The molecule has 1 atom stereocenters. The molecule has 0 aromatic carbocycles. The maximum atomic E-state index is 11.2. The fourth-order valence-corrected chi connectivity index (χ4v) is 2.50. The lowest BCUT2D eigenvalue weighted by molar-refractivity contribution is -0.140. The van der Waals surface area contributed by atoms with Crippen LogP contribution in [0.25, 0.3) is 5.78 Å². The van der Waals surface area contributed by atoms with Crippen LogP contribution in [0, 0.1) is 19.8 Å². The lowest BCUT2D eigenvalue weighted by Crippen LogP contribution is -2.38. The van der Waals surface area contributed by atoms with E-state index in [4.69, 9.17) is 0 Å². The van der Waals surface area contributed by atoms with Gasteiger partial charge in [0.2, 0.25) is 5.78 Å². The Hall–Kier alpha value is -1.95. The van der Waals surface area contributed by atoms with Crippen LogP contribution in [0.3, 0.4) is 0 Å². The van der Waals surface area contributed by atoms with Crippen LogP contribution in [-0.4, -0.2) is 31.5 Å². The van der Waals surface area contributed by atoms with Crippen molar-refractivity contribution < 1.29 is 9.90 Å². The molecule has 0 radical (unpaired) electrons. The normalized spacial score (nSPS) is 16.5. The first-order valence-electron chi connectivity index (χ1n) is 6.83. The van der Waals surface area contributed by atoms with Crippen molar-refractivity contribution in [2.24, 2.45) is 5.92 Å². The minimum atomic E-state index is -0.776. The molecule has 0 bridgehead atoms. The van der Waals surface area contributed by atoms with Crippen molar-refractivity contribution in [3.8, 4) is 0 Å². The van der Waals surface area contributed by atoms with E-state index in [-0.39, 0.29) is 5.92 Å². The molecule has 1 unspecified atom stereocenters. The van der Waals surface area contributed by atoms with E-state index < -0.39 is 12.0 Å². The molecule has 20 heavy (non-hydrogen) atoms. The van der Waals surface area contributed by atoms with E-state index in [9.17, 15) is 9.90 Å². The third-order valence-electron chi connectivity index (χ3n) is 3.67. The number of aliphatic carboxylic acids is 1. The summed E-state index contributed by atoms with van der Waals surface area (Å²) in [7, 11) is 0. The van der Waals surface area contributed by atoms with E-state index >= 15 is 0 Å². The maximum Gasteiger partial charge on any atom is 0.320 e. The smallest absolute Gasteiger partial charge is 0.320 e.